The van der Waals surface area contributed by atoms with Gasteiger partial charge in [-0.25, -0.2) is 4.99 Å². The summed E-state index contributed by atoms with van der Waals surface area (Å²) in [5.41, 5.74) is 12.7. The van der Waals surface area contributed by atoms with Crippen LogP contribution in [0.3, 0.4) is 0 Å². The summed E-state index contributed by atoms with van der Waals surface area (Å²) < 4.78 is 0. The normalized spacial score (nSPS) is 19.6. The number of nitriles is 2. The van der Waals surface area contributed by atoms with Crippen LogP contribution < -0.4 is 11.1 Å². The Hall–Kier alpha value is -3.58. The Morgan fingerprint density at radius 2 is 1.63 bits per heavy atom. The Morgan fingerprint density at radius 3 is 2.23 bits per heavy atom. The largest absolute Gasteiger partial charge is 0.370 e. The molecule has 0 radical (unpaired) electrons. The van der Waals surface area contributed by atoms with Gasteiger partial charge >= 0.3 is 0 Å². The number of nitrogens with two attached hydrogens (primary N) is 1. The third kappa shape index (κ3) is 4.21. The molecular formula is C23H21ClN6. The fourth-order valence-corrected chi connectivity index (χ4v) is 3.75. The van der Waals surface area contributed by atoms with Gasteiger partial charge in [0.1, 0.15) is 6.04 Å². The molecule has 0 aliphatic carbocycles. The van der Waals surface area contributed by atoms with Crippen molar-refractivity contribution in [3.05, 3.63) is 87.6 Å². The summed E-state index contributed by atoms with van der Waals surface area (Å²) in [6, 6.07) is 19.1. The standard InChI is InChI=1S/C23H20N6.ClH/c1-29-13-19(10-15-2-4-16(11-24)5-3-15)22-20(14-29)21(27-23(26)28-22)18-8-6-17(12-25)7-9-18;/h2-10,21H,13-14H2,1H3,(H3,26,27,28);1H/b19-10+;. The number of guanidine groups is 1. The summed E-state index contributed by atoms with van der Waals surface area (Å²) in [5.74, 6) is 0.383. The Morgan fingerprint density at radius 1 is 1.03 bits per heavy atom. The second kappa shape index (κ2) is 8.84. The average molecular weight is 417 g/mol. The molecule has 7 heteroatoms. The Kier molecular flexibility index (Phi) is 6.23. The van der Waals surface area contributed by atoms with Crippen molar-refractivity contribution in [2.24, 2.45) is 10.7 Å². The molecule has 4 rings (SSSR count). The van der Waals surface area contributed by atoms with Crippen LogP contribution in [0.4, 0.5) is 0 Å². The lowest BCUT2D eigenvalue weighted by atomic mass is 9.89. The van der Waals surface area contributed by atoms with Crippen molar-refractivity contribution < 1.29 is 0 Å². The van der Waals surface area contributed by atoms with Gasteiger partial charge in [0.25, 0.3) is 0 Å². The lowest BCUT2D eigenvalue weighted by molar-refractivity contribution is 0.368. The highest BCUT2D eigenvalue weighted by molar-refractivity contribution is 5.85. The van der Waals surface area contributed by atoms with E-state index in [1.54, 1.807) is 0 Å². The van der Waals surface area contributed by atoms with Crippen LogP contribution in [0, 0.1) is 22.7 Å². The van der Waals surface area contributed by atoms with Gasteiger partial charge in [-0.1, -0.05) is 24.3 Å². The molecule has 150 valence electrons. The maximum Gasteiger partial charge on any atom is 0.194 e. The molecule has 30 heavy (non-hydrogen) atoms. The van der Waals surface area contributed by atoms with E-state index in [9.17, 15) is 0 Å². The summed E-state index contributed by atoms with van der Waals surface area (Å²) in [6.07, 6.45) is 2.12. The Labute approximate surface area is 182 Å². The first-order valence-electron chi connectivity index (χ1n) is 9.30. The lowest BCUT2D eigenvalue weighted by Crippen LogP contribution is -2.43. The maximum atomic E-state index is 9.06. The molecule has 0 spiro atoms. The topological polar surface area (TPSA) is 101 Å². The Balaban J connectivity index is 0.00000256. The highest BCUT2D eigenvalue weighted by Crippen LogP contribution is 2.36. The van der Waals surface area contributed by atoms with Gasteiger partial charge in [-0.3, -0.25) is 4.90 Å². The molecule has 6 nitrogen and oxygen atoms in total. The van der Waals surface area contributed by atoms with Crippen LogP contribution in [-0.4, -0.2) is 31.0 Å². The fourth-order valence-electron chi connectivity index (χ4n) is 3.75. The summed E-state index contributed by atoms with van der Waals surface area (Å²) in [7, 11) is 2.08. The summed E-state index contributed by atoms with van der Waals surface area (Å²) in [5, 5.41) is 21.3. The van der Waals surface area contributed by atoms with E-state index in [2.05, 4.69) is 40.5 Å². The Bertz CT molecular complexity index is 1110. The molecule has 0 saturated heterocycles. The van der Waals surface area contributed by atoms with Gasteiger partial charge in [-0.2, -0.15) is 10.5 Å². The lowest BCUT2D eigenvalue weighted by Gasteiger charge is -2.36. The van der Waals surface area contributed by atoms with Crippen molar-refractivity contribution in [3.8, 4) is 12.1 Å². The summed E-state index contributed by atoms with van der Waals surface area (Å²) in [4.78, 5) is 6.88. The minimum absolute atomic E-state index is 0. The molecule has 3 N–H and O–H groups in total. The molecule has 2 aromatic carbocycles. The van der Waals surface area contributed by atoms with E-state index in [1.807, 2.05) is 48.5 Å². The van der Waals surface area contributed by atoms with Gasteiger partial charge in [0.05, 0.1) is 23.3 Å². The number of aliphatic imine (C=N–C) groups is 1. The first-order chi connectivity index (χ1) is 14.1. The zero-order valence-corrected chi connectivity index (χ0v) is 17.3. The van der Waals surface area contributed by atoms with Gasteiger partial charge in [0, 0.05) is 18.8 Å². The van der Waals surface area contributed by atoms with E-state index in [4.69, 9.17) is 16.3 Å². The van der Waals surface area contributed by atoms with Crippen LogP contribution in [0.15, 0.2) is 70.4 Å². The van der Waals surface area contributed by atoms with E-state index in [0.29, 0.717) is 17.1 Å². The van der Waals surface area contributed by atoms with Crippen molar-refractivity contribution in [2.75, 3.05) is 20.1 Å². The van der Waals surface area contributed by atoms with Crippen LogP contribution in [0.1, 0.15) is 28.3 Å². The summed E-state index contributed by atoms with van der Waals surface area (Å²) >= 11 is 0. The number of benzene rings is 2. The molecule has 2 aliphatic rings. The zero-order valence-electron chi connectivity index (χ0n) is 16.5. The molecule has 0 aromatic heterocycles. The number of rotatable bonds is 2. The number of nitrogens with one attached hydrogen (secondary N) is 1. The zero-order chi connectivity index (χ0) is 20.4. The fraction of sp³-hybridized carbons (Fsp3) is 0.174. The molecule has 1 unspecified atom stereocenters. The monoisotopic (exact) mass is 416 g/mol. The second-order valence-electron chi connectivity index (χ2n) is 7.25. The van der Waals surface area contributed by atoms with E-state index < -0.39 is 0 Å². The number of halogens is 1. The highest BCUT2D eigenvalue weighted by atomic mass is 35.5. The molecule has 0 saturated carbocycles. The first-order valence-corrected chi connectivity index (χ1v) is 9.30. The van der Waals surface area contributed by atoms with E-state index >= 15 is 0 Å². The number of nitrogens with zero attached hydrogens (tertiary/aromatic N) is 4. The van der Waals surface area contributed by atoms with Crippen molar-refractivity contribution in [1.82, 2.24) is 10.2 Å². The van der Waals surface area contributed by atoms with Crippen LogP contribution in [0.2, 0.25) is 0 Å². The smallest absolute Gasteiger partial charge is 0.194 e. The van der Waals surface area contributed by atoms with Crippen LogP contribution in [-0.2, 0) is 0 Å². The minimum Gasteiger partial charge on any atom is -0.370 e. The van der Waals surface area contributed by atoms with Crippen molar-refractivity contribution in [3.63, 3.8) is 0 Å². The van der Waals surface area contributed by atoms with Gasteiger partial charge in [-0.15, -0.1) is 12.4 Å². The predicted molar refractivity (Wildman–Crippen MR) is 120 cm³/mol. The van der Waals surface area contributed by atoms with Crippen LogP contribution >= 0.6 is 12.4 Å². The third-order valence-electron chi connectivity index (χ3n) is 5.11. The number of likely N-dealkylation sites (N-methyl/N-ethyl adjacent to an activating group) is 1. The van der Waals surface area contributed by atoms with E-state index in [-0.39, 0.29) is 18.4 Å². The average Bonchev–Trinajstić information content (AvgIpc) is 2.74. The highest BCUT2D eigenvalue weighted by Gasteiger charge is 2.31. The molecule has 0 amide bonds. The van der Waals surface area contributed by atoms with Crippen molar-refractivity contribution in [2.45, 2.75) is 6.04 Å². The molecule has 0 bridgehead atoms. The van der Waals surface area contributed by atoms with Crippen molar-refractivity contribution >= 4 is 24.4 Å². The van der Waals surface area contributed by atoms with Crippen LogP contribution in [0.5, 0.6) is 0 Å². The molecular weight excluding hydrogens is 396 g/mol. The minimum atomic E-state index is -0.189. The number of hydrogen-bond donors (Lipinski definition) is 2. The third-order valence-corrected chi connectivity index (χ3v) is 5.11. The predicted octanol–water partition coefficient (Wildman–Crippen LogP) is 3.09. The quantitative estimate of drug-likeness (QED) is 0.783. The molecule has 2 aromatic rings. The van der Waals surface area contributed by atoms with Gasteiger partial charge < -0.3 is 11.1 Å². The molecule has 1 atom stereocenters. The summed E-state index contributed by atoms with van der Waals surface area (Å²) in [6.45, 7) is 1.55. The van der Waals surface area contributed by atoms with E-state index in [0.717, 1.165) is 41.1 Å². The molecule has 2 heterocycles. The van der Waals surface area contributed by atoms with Gasteiger partial charge in [0.15, 0.2) is 5.96 Å². The SMILES string of the molecule is CN1CC2=C(NC(N)=NC2c2ccc(C#N)cc2)/C(=C/c2ccc(C#N)cc2)C1.Cl. The maximum absolute atomic E-state index is 9.06. The first kappa shape index (κ1) is 21.1. The van der Waals surface area contributed by atoms with Gasteiger partial charge in [-0.05, 0) is 59.7 Å². The second-order valence-corrected chi connectivity index (χ2v) is 7.25. The van der Waals surface area contributed by atoms with Gasteiger partial charge in [0.2, 0.25) is 0 Å². The molecule has 0 fully saturated rings. The van der Waals surface area contributed by atoms with E-state index in [1.165, 1.54) is 0 Å². The van der Waals surface area contributed by atoms with Crippen LogP contribution in [0.25, 0.3) is 6.08 Å². The molecule has 2 aliphatic heterocycles. The number of hydrogen-bond acceptors (Lipinski definition) is 6. The van der Waals surface area contributed by atoms with Crippen molar-refractivity contribution in [1.29, 1.82) is 10.5 Å².